The normalized spacial score (nSPS) is 12.5. The zero-order chi connectivity index (χ0) is 18.8. The number of nitrogens with zero attached hydrogens (tertiary/aromatic N) is 4. The van der Waals surface area contributed by atoms with Crippen molar-refractivity contribution in [3.63, 3.8) is 0 Å². The quantitative estimate of drug-likeness (QED) is 0.764. The molecule has 2 aromatic heterocycles. The Morgan fingerprint density at radius 3 is 2.81 bits per heavy atom. The van der Waals surface area contributed by atoms with Crippen LogP contribution >= 0.6 is 0 Å². The number of nitrogens with one attached hydrogen (secondary N) is 1. The van der Waals surface area contributed by atoms with Crippen molar-refractivity contribution in [3.8, 4) is 0 Å². The molecule has 0 saturated heterocycles. The van der Waals surface area contributed by atoms with Crippen molar-refractivity contribution in [3.05, 3.63) is 59.2 Å². The number of aromatic nitrogens is 3. The Morgan fingerprint density at radius 2 is 2.12 bits per heavy atom. The van der Waals surface area contributed by atoms with Crippen LogP contribution in [0.4, 0.5) is 4.39 Å². The Hall–Kier alpha value is -2.80. The SMILES string of the molecule is Cc1nn(C)c2ncc(C(=O)NC[C@@H](c3cccc(F)c3)N(C)C)cc12. The molecule has 7 heteroatoms. The molecule has 2 heterocycles. The number of amides is 1. The highest BCUT2D eigenvalue weighted by molar-refractivity contribution is 5.97. The van der Waals surface area contributed by atoms with Gasteiger partial charge in [0.15, 0.2) is 5.65 Å². The lowest BCUT2D eigenvalue weighted by Crippen LogP contribution is -2.34. The van der Waals surface area contributed by atoms with Gasteiger partial charge in [0.05, 0.1) is 17.3 Å². The number of fused-ring (bicyclic) bond motifs is 1. The van der Waals surface area contributed by atoms with Crippen LogP contribution in [0.2, 0.25) is 0 Å². The fourth-order valence-corrected chi connectivity index (χ4v) is 3.04. The van der Waals surface area contributed by atoms with E-state index in [1.807, 2.05) is 39.0 Å². The van der Waals surface area contributed by atoms with Gasteiger partial charge in [0.25, 0.3) is 5.91 Å². The molecule has 0 aliphatic carbocycles. The Bertz CT molecular complexity index is 950. The topological polar surface area (TPSA) is 63.1 Å². The van der Waals surface area contributed by atoms with Gasteiger partial charge in [0.2, 0.25) is 0 Å². The van der Waals surface area contributed by atoms with Crippen LogP contribution in [0.25, 0.3) is 11.0 Å². The molecular weight excluding hydrogens is 333 g/mol. The van der Waals surface area contributed by atoms with Crippen molar-refractivity contribution in [2.24, 2.45) is 7.05 Å². The van der Waals surface area contributed by atoms with Crippen LogP contribution in [0.1, 0.15) is 27.7 Å². The maximum Gasteiger partial charge on any atom is 0.252 e. The molecule has 3 aromatic rings. The average molecular weight is 355 g/mol. The first-order valence-electron chi connectivity index (χ1n) is 8.36. The van der Waals surface area contributed by atoms with Gasteiger partial charge in [-0.3, -0.25) is 9.48 Å². The van der Waals surface area contributed by atoms with Crippen molar-refractivity contribution >= 4 is 16.9 Å². The standard InChI is InChI=1S/C19H22FN5O/c1-12-16-9-14(10-21-18(16)25(4)23-12)19(26)22-11-17(24(2)3)13-6-5-7-15(20)8-13/h5-10,17H,11H2,1-4H3,(H,22,26)/t17-/m0/s1. The summed E-state index contributed by atoms with van der Waals surface area (Å²) in [6, 6.07) is 8.09. The van der Waals surface area contributed by atoms with E-state index in [1.165, 1.54) is 12.1 Å². The summed E-state index contributed by atoms with van der Waals surface area (Å²) in [6.07, 6.45) is 1.55. The zero-order valence-electron chi connectivity index (χ0n) is 15.3. The van der Waals surface area contributed by atoms with Crippen LogP contribution in [-0.4, -0.2) is 46.2 Å². The smallest absolute Gasteiger partial charge is 0.252 e. The Kier molecular flexibility index (Phi) is 4.99. The van der Waals surface area contributed by atoms with E-state index in [9.17, 15) is 9.18 Å². The van der Waals surface area contributed by atoms with Gasteiger partial charge in [-0.25, -0.2) is 9.37 Å². The summed E-state index contributed by atoms with van der Waals surface area (Å²) in [5.41, 5.74) is 2.86. The summed E-state index contributed by atoms with van der Waals surface area (Å²) in [6.45, 7) is 2.25. The number of hydrogen-bond donors (Lipinski definition) is 1. The molecule has 6 nitrogen and oxygen atoms in total. The van der Waals surface area contributed by atoms with Gasteiger partial charge >= 0.3 is 0 Å². The molecule has 0 saturated carbocycles. The molecular formula is C19H22FN5O. The predicted octanol–water partition coefficient (Wildman–Crippen LogP) is 2.45. The average Bonchev–Trinajstić information content (AvgIpc) is 2.88. The molecule has 0 aliphatic heterocycles. The molecule has 26 heavy (non-hydrogen) atoms. The lowest BCUT2D eigenvalue weighted by atomic mass is 10.1. The van der Waals surface area contributed by atoms with Crippen molar-refractivity contribution < 1.29 is 9.18 Å². The van der Waals surface area contributed by atoms with Crippen LogP contribution in [0.15, 0.2) is 36.5 Å². The highest BCUT2D eigenvalue weighted by atomic mass is 19.1. The number of benzene rings is 1. The van der Waals surface area contributed by atoms with Crippen molar-refractivity contribution in [1.29, 1.82) is 0 Å². The molecule has 0 spiro atoms. The highest BCUT2D eigenvalue weighted by Crippen LogP contribution is 2.19. The highest BCUT2D eigenvalue weighted by Gasteiger charge is 2.17. The van der Waals surface area contributed by atoms with E-state index in [0.29, 0.717) is 12.1 Å². The number of likely N-dealkylation sites (N-methyl/N-ethyl adjacent to an activating group) is 1. The Labute approximate surface area is 151 Å². The summed E-state index contributed by atoms with van der Waals surface area (Å²) < 4.78 is 15.2. The van der Waals surface area contributed by atoms with Gasteiger partial charge in [0, 0.05) is 25.2 Å². The first-order valence-corrected chi connectivity index (χ1v) is 8.36. The largest absolute Gasteiger partial charge is 0.350 e. The van der Waals surface area contributed by atoms with E-state index in [1.54, 1.807) is 23.0 Å². The monoisotopic (exact) mass is 355 g/mol. The maximum atomic E-state index is 13.5. The minimum atomic E-state index is -0.289. The maximum absolute atomic E-state index is 13.5. The number of rotatable bonds is 5. The number of hydrogen-bond acceptors (Lipinski definition) is 4. The van der Waals surface area contributed by atoms with Gasteiger partial charge in [-0.15, -0.1) is 0 Å². The fourth-order valence-electron chi connectivity index (χ4n) is 3.04. The Morgan fingerprint density at radius 1 is 1.35 bits per heavy atom. The van der Waals surface area contributed by atoms with Crippen molar-refractivity contribution in [2.75, 3.05) is 20.6 Å². The molecule has 0 fully saturated rings. The first kappa shape index (κ1) is 18.0. The molecule has 3 rings (SSSR count). The predicted molar refractivity (Wildman–Crippen MR) is 98.4 cm³/mol. The van der Waals surface area contributed by atoms with Crippen LogP contribution in [-0.2, 0) is 7.05 Å². The second-order valence-corrected chi connectivity index (χ2v) is 6.55. The minimum absolute atomic E-state index is 0.133. The minimum Gasteiger partial charge on any atom is -0.350 e. The zero-order valence-corrected chi connectivity index (χ0v) is 15.3. The van der Waals surface area contributed by atoms with Crippen molar-refractivity contribution in [1.82, 2.24) is 25.0 Å². The number of halogens is 1. The first-order chi connectivity index (χ1) is 12.4. The second-order valence-electron chi connectivity index (χ2n) is 6.55. The third-order valence-electron chi connectivity index (χ3n) is 4.44. The van der Waals surface area contributed by atoms with Gasteiger partial charge in [-0.1, -0.05) is 12.1 Å². The molecule has 0 radical (unpaired) electrons. The molecule has 1 N–H and O–H groups in total. The van der Waals surface area contributed by atoms with Crippen LogP contribution in [0.5, 0.6) is 0 Å². The van der Waals surface area contributed by atoms with E-state index >= 15 is 0 Å². The van der Waals surface area contributed by atoms with Crippen molar-refractivity contribution in [2.45, 2.75) is 13.0 Å². The molecule has 1 atom stereocenters. The van der Waals surface area contributed by atoms with E-state index < -0.39 is 0 Å². The van der Waals surface area contributed by atoms with Gasteiger partial charge < -0.3 is 10.2 Å². The lowest BCUT2D eigenvalue weighted by molar-refractivity contribution is 0.0941. The van der Waals surface area contributed by atoms with E-state index in [-0.39, 0.29) is 17.8 Å². The lowest BCUT2D eigenvalue weighted by Gasteiger charge is -2.25. The number of carbonyl (C=O) groups excluding carboxylic acids is 1. The fraction of sp³-hybridized carbons (Fsp3) is 0.316. The molecule has 0 unspecified atom stereocenters. The van der Waals surface area contributed by atoms with E-state index in [2.05, 4.69) is 15.4 Å². The van der Waals surface area contributed by atoms with Crippen LogP contribution < -0.4 is 5.32 Å². The molecule has 0 aliphatic rings. The summed E-state index contributed by atoms with van der Waals surface area (Å²) >= 11 is 0. The third-order valence-corrected chi connectivity index (χ3v) is 4.44. The number of pyridine rings is 1. The summed E-state index contributed by atoms with van der Waals surface area (Å²) in [7, 11) is 5.62. The van der Waals surface area contributed by atoms with Crippen LogP contribution in [0, 0.1) is 12.7 Å². The molecule has 136 valence electrons. The van der Waals surface area contributed by atoms with Gasteiger partial charge in [-0.2, -0.15) is 5.10 Å². The van der Waals surface area contributed by atoms with Gasteiger partial charge in [-0.05, 0) is 44.8 Å². The van der Waals surface area contributed by atoms with Crippen LogP contribution in [0.3, 0.4) is 0 Å². The second kappa shape index (κ2) is 7.21. The summed E-state index contributed by atoms with van der Waals surface area (Å²) in [5, 5.41) is 8.09. The third kappa shape index (κ3) is 3.57. The summed E-state index contributed by atoms with van der Waals surface area (Å²) in [4.78, 5) is 18.8. The van der Waals surface area contributed by atoms with Gasteiger partial charge in [0.1, 0.15) is 5.82 Å². The Balaban J connectivity index is 1.77. The summed E-state index contributed by atoms with van der Waals surface area (Å²) in [5.74, 6) is -0.506. The molecule has 1 amide bonds. The number of aryl methyl sites for hydroxylation is 2. The van der Waals surface area contributed by atoms with E-state index in [0.717, 1.165) is 22.3 Å². The van der Waals surface area contributed by atoms with E-state index in [4.69, 9.17) is 0 Å². The molecule has 0 bridgehead atoms. The number of carbonyl (C=O) groups is 1. The molecule has 1 aromatic carbocycles.